The Balaban J connectivity index is 2.49. The maximum atomic E-state index is 11.3. The molecule has 1 rings (SSSR count). The highest BCUT2D eigenvalue weighted by atomic mass is 32.2. The molecule has 0 amide bonds. The van der Waals surface area contributed by atoms with Crippen LogP contribution >= 0.6 is 11.8 Å². The predicted octanol–water partition coefficient (Wildman–Crippen LogP) is 3.71. The van der Waals surface area contributed by atoms with Gasteiger partial charge in [0.1, 0.15) is 6.73 Å². The summed E-state index contributed by atoms with van der Waals surface area (Å²) in [7, 11) is -1.03. The Bertz CT molecular complexity index is 452. The van der Waals surface area contributed by atoms with Gasteiger partial charge < -0.3 is 4.74 Å². The first-order chi connectivity index (χ1) is 9.10. The first-order valence-corrected chi connectivity index (χ1v) is 11.4. The van der Waals surface area contributed by atoms with Crippen molar-refractivity contribution in [3.05, 3.63) is 18.0 Å². The zero-order valence-corrected chi connectivity index (χ0v) is 15.2. The van der Waals surface area contributed by atoms with Gasteiger partial charge in [-0.1, -0.05) is 31.4 Å². The summed E-state index contributed by atoms with van der Waals surface area (Å²) in [6.45, 7) is 13.9. The molecule has 0 spiro atoms. The number of aromatic nitrogens is 2. The minimum absolute atomic E-state index is 0.120. The molecular formula is C14H26N2O2SSi. The van der Waals surface area contributed by atoms with E-state index in [0.29, 0.717) is 6.73 Å². The van der Waals surface area contributed by atoms with Gasteiger partial charge in [0.2, 0.25) is 0 Å². The lowest BCUT2D eigenvalue weighted by Crippen LogP contribution is -2.22. The van der Waals surface area contributed by atoms with Crippen molar-refractivity contribution < 1.29 is 9.53 Å². The Hall–Kier alpha value is -0.593. The summed E-state index contributed by atoms with van der Waals surface area (Å²) in [5, 5.41) is 4.42. The van der Waals surface area contributed by atoms with Crippen LogP contribution in [0.15, 0.2) is 12.4 Å². The monoisotopic (exact) mass is 314 g/mol. The van der Waals surface area contributed by atoms with Gasteiger partial charge in [-0.05, 0) is 19.9 Å². The van der Waals surface area contributed by atoms with Crippen LogP contribution in [0.5, 0.6) is 0 Å². The van der Waals surface area contributed by atoms with Crippen molar-refractivity contribution in [2.45, 2.75) is 57.9 Å². The fraction of sp³-hybridized carbons (Fsp3) is 0.714. The van der Waals surface area contributed by atoms with Crippen molar-refractivity contribution in [1.82, 2.24) is 9.78 Å². The molecular weight excluding hydrogens is 288 g/mol. The molecule has 1 aromatic rings. The highest BCUT2D eigenvalue weighted by Gasteiger charge is 2.25. The quantitative estimate of drug-likeness (QED) is 0.568. The summed E-state index contributed by atoms with van der Waals surface area (Å²) < 4.78 is 7.21. The number of ether oxygens (including phenoxy) is 1. The van der Waals surface area contributed by atoms with Crippen molar-refractivity contribution in [2.75, 3.05) is 6.61 Å². The average molecular weight is 315 g/mol. The summed E-state index contributed by atoms with van der Waals surface area (Å²) in [5.41, 5.74) is 1.05. The van der Waals surface area contributed by atoms with E-state index >= 15 is 0 Å². The lowest BCUT2D eigenvalue weighted by Gasteiger charge is -2.20. The highest BCUT2D eigenvalue weighted by Crippen LogP contribution is 2.35. The SMILES string of the molecule is CC(=O)SC(C)(C)c1cnn(COCC[Si](C)(C)C)c1. The van der Waals surface area contributed by atoms with E-state index in [2.05, 4.69) is 24.7 Å². The average Bonchev–Trinajstić information content (AvgIpc) is 2.70. The van der Waals surface area contributed by atoms with E-state index in [9.17, 15) is 4.79 Å². The normalized spacial score (nSPS) is 12.7. The first kappa shape index (κ1) is 17.5. The summed E-state index contributed by atoms with van der Waals surface area (Å²) in [4.78, 5) is 11.3. The molecule has 6 heteroatoms. The minimum atomic E-state index is -1.03. The van der Waals surface area contributed by atoms with E-state index in [1.54, 1.807) is 11.6 Å². The van der Waals surface area contributed by atoms with Crippen molar-refractivity contribution in [1.29, 1.82) is 0 Å². The third-order valence-corrected chi connectivity index (χ3v) is 5.68. The van der Waals surface area contributed by atoms with Gasteiger partial charge >= 0.3 is 0 Å². The molecule has 0 aliphatic carbocycles. The third kappa shape index (κ3) is 6.24. The smallest absolute Gasteiger partial charge is 0.186 e. The van der Waals surface area contributed by atoms with Crippen LogP contribution in [0.2, 0.25) is 25.7 Å². The standard InChI is InChI=1S/C14H26N2O2SSi/c1-12(17)19-14(2,3)13-9-15-16(10-13)11-18-7-8-20(4,5)6/h9-10H,7-8,11H2,1-6H3. The fourth-order valence-corrected chi connectivity index (χ4v) is 3.40. The van der Waals surface area contributed by atoms with Crippen LogP contribution in [0.4, 0.5) is 0 Å². The summed E-state index contributed by atoms with van der Waals surface area (Å²) in [6, 6.07) is 1.16. The van der Waals surface area contributed by atoms with E-state index in [-0.39, 0.29) is 9.86 Å². The van der Waals surface area contributed by atoms with Gasteiger partial charge in [0, 0.05) is 38.1 Å². The predicted molar refractivity (Wildman–Crippen MR) is 87.6 cm³/mol. The highest BCUT2D eigenvalue weighted by molar-refractivity contribution is 8.14. The molecule has 0 saturated carbocycles. The number of hydrogen-bond acceptors (Lipinski definition) is 4. The van der Waals surface area contributed by atoms with E-state index < -0.39 is 8.07 Å². The van der Waals surface area contributed by atoms with Gasteiger partial charge in [0.05, 0.1) is 6.20 Å². The second kappa shape index (κ2) is 6.91. The molecule has 0 unspecified atom stereocenters. The molecule has 0 fully saturated rings. The van der Waals surface area contributed by atoms with E-state index in [4.69, 9.17) is 4.74 Å². The summed E-state index contributed by atoms with van der Waals surface area (Å²) >= 11 is 1.33. The van der Waals surface area contributed by atoms with Gasteiger partial charge in [-0.25, -0.2) is 4.68 Å². The van der Waals surface area contributed by atoms with Crippen LogP contribution in [0.1, 0.15) is 26.3 Å². The Morgan fingerprint density at radius 1 is 1.45 bits per heavy atom. The zero-order chi connectivity index (χ0) is 15.4. The van der Waals surface area contributed by atoms with Crippen molar-refractivity contribution in [3.8, 4) is 0 Å². The molecule has 0 radical (unpaired) electrons. The molecule has 1 heterocycles. The van der Waals surface area contributed by atoms with Gasteiger partial charge in [-0.2, -0.15) is 5.10 Å². The number of thioether (sulfide) groups is 1. The van der Waals surface area contributed by atoms with Gasteiger partial charge in [-0.15, -0.1) is 0 Å². The molecule has 0 saturated heterocycles. The van der Waals surface area contributed by atoms with E-state index in [1.807, 2.05) is 26.2 Å². The van der Waals surface area contributed by atoms with E-state index in [0.717, 1.165) is 18.2 Å². The van der Waals surface area contributed by atoms with Crippen LogP contribution in [0.3, 0.4) is 0 Å². The molecule has 0 N–H and O–H groups in total. The third-order valence-electron chi connectivity index (χ3n) is 2.95. The second-order valence-electron chi connectivity index (χ2n) is 6.72. The number of nitrogens with zero attached hydrogens (tertiary/aromatic N) is 2. The van der Waals surface area contributed by atoms with Gasteiger partial charge in [0.15, 0.2) is 5.12 Å². The maximum absolute atomic E-state index is 11.3. The molecule has 0 aliphatic heterocycles. The molecule has 0 aromatic carbocycles. The van der Waals surface area contributed by atoms with Crippen molar-refractivity contribution in [3.63, 3.8) is 0 Å². The molecule has 0 bridgehead atoms. The first-order valence-electron chi connectivity index (χ1n) is 6.90. The van der Waals surface area contributed by atoms with Gasteiger partial charge in [0.25, 0.3) is 0 Å². The number of rotatable bonds is 7. The topological polar surface area (TPSA) is 44.1 Å². The zero-order valence-electron chi connectivity index (χ0n) is 13.4. The second-order valence-corrected chi connectivity index (χ2v) is 14.1. The van der Waals surface area contributed by atoms with Crippen LogP contribution in [0, 0.1) is 0 Å². The molecule has 20 heavy (non-hydrogen) atoms. The Morgan fingerprint density at radius 3 is 2.65 bits per heavy atom. The molecule has 0 aliphatic rings. The Morgan fingerprint density at radius 2 is 2.10 bits per heavy atom. The Kier molecular flexibility index (Phi) is 6.03. The van der Waals surface area contributed by atoms with Crippen LogP contribution in [-0.2, 0) is 21.0 Å². The lowest BCUT2D eigenvalue weighted by molar-refractivity contribution is -0.109. The minimum Gasteiger partial charge on any atom is -0.360 e. The number of hydrogen-bond donors (Lipinski definition) is 0. The maximum Gasteiger partial charge on any atom is 0.186 e. The lowest BCUT2D eigenvalue weighted by atomic mass is 10.1. The van der Waals surface area contributed by atoms with Gasteiger partial charge in [-0.3, -0.25) is 4.79 Å². The largest absolute Gasteiger partial charge is 0.360 e. The molecule has 4 nitrogen and oxygen atoms in total. The number of carbonyl (C=O) groups excluding carboxylic acids is 1. The van der Waals surface area contributed by atoms with Crippen LogP contribution in [0.25, 0.3) is 0 Å². The molecule has 1 aromatic heterocycles. The molecule has 0 atom stereocenters. The summed E-state index contributed by atoms with van der Waals surface area (Å²) in [6.07, 6.45) is 3.78. The van der Waals surface area contributed by atoms with Crippen molar-refractivity contribution >= 4 is 25.0 Å². The Labute approximate surface area is 127 Å². The number of carbonyl (C=O) groups is 1. The van der Waals surface area contributed by atoms with Crippen LogP contribution < -0.4 is 0 Å². The summed E-state index contributed by atoms with van der Waals surface area (Å²) in [5.74, 6) is 0. The van der Waals surface area contributed by atoms with E-state index in [1.165, 1.54) is 11.8 Å². The molecule has 114 valence electrons. The fourth-order valence-electron chi connectivity index (χ4n) is 1.70. The van der Waals surface area contributed by atoms with Crippen molar-refractivity contribution in [2.24, 2.45) is 0 Å². The van der Waals surface area contributed by atoms with Crippen LogP contribution in [-0.4, -0.2) is 29.6 Å².